The summed E-state index contributed by atoms with van der Waals surface area (Å²) < 4.78 is 5.11. The first-order valence-electron chi connectivity index (χ1n) is 4.87. The molecule has 0 saturated heterocycles. The Kier molecular flexibility index (Phi) is 2.84. The van der Waals surface area contributed by atoms with Crippen molar-refractivity contribution in [2.75, 3.05) is 6.54 Å². The zero-order valence-electron chi connectivity index (χ0n) is 7.95. The quantitative estimate of drug-likeness (QED) is 0.723. The summed E-state index contributed by atoms with van der Waals surface area (Å²) in [7, 11) is 0. The van der Waals surface area contributed by atoms with Crippen molar-refractivity contribution in [3.8, 4) is 0 Å². The largest absolute Gasteiger partial charge is 0.468 e. The van der Waals surface area contributed by atoms with Crippen molar-refractivity contribution < 1.29 is 9.21 Å². The van der Waals surface area contributed by atoms with Crippen molar-refractivity contribution in [3.05, 3.63) is 24.2 Å². The maximum atomic E-state index is 11.2. The summed E-state index contributed by atoms with van der Waals surface area (Å²) in [5.41, 5.74) is 0. The Bertz CT molecular complexity index is 291. The van der Waals surface area contributed by atoms with Crippen LogP contribution in [-0.4, -0.2) is 18.5 Å². The van der Waals surface area contributed by atoms with Crippen molar-refractivity contribution >= 4 is 5.91 Å². The third kappa shape index (κ3) is 2.88. The Morgan fingerprint density at radius 2 is 2.43 bits per heavy atom. The van der Waals surface area contributed by atoms with Crippen LogP contribution in [0.5, 0.6) is 0 Å². The minimum atomic E-state index is 0.0686. The Morgan fingerprint density at radius 3 is 3.07 bits per heavy atom. The smallest absolute Gasteiger partial charge is 0.234 e. The van der Waals surface area contributed by atoms with Gasteiger partial charge in [-0.15, -0.1) is 0 Å². The van der Waals surface area contributed by atoms with Gasteiger partial charge in [0.2, 0.25) is 5.91 Å². The van der Waals surface area contributed by atoms with Gasteiger partial charge in [-0.3, -0.25) is 4.79 Å². The van der Waals surface area contributed by atoms with Crippen LogP contribution in [0.25, 0.3) is 0 Å². The van der Waals surface area contributed by atoms with Gasteiger partial charge in [0.05, 0.1) is 19.4 Å². The maximum absolute atomic E-state index is 11.2. The molecule has 0 atom stereocenters. The van der Waals surface area contributed by atoms with Gasteiger partial charge >= 0.3 is 0 Å². The second kappa shape index (κ2) is 4.28. The summed E-state index contributed by atoms with van der Waals surface area (Å²) in [5.74, 6) is 0.920. The summed E-state index contributed by atoms with van der Waals surface area (Å²) in [6.45, 7) is 0.961. The van der Waals surface area contributed by atoms with Crippen molar-refractivity contribution in [2.24, 2.45) is 0 Å². The number of amides is 1. The van der Waals surface area contributed by atoms with Gasteiger partial charge in [-0.05, 0) is 25.0 Å². The molecule has 2 N–H and O–H groups in total. The van der Waals surface area contributed by atoms with Gasteiger partial charge in [0.1, 0.15) is 5.76 Å². The van der Waals surface area contributed by atoms with Crippen LogP contribution < -0.4 is 10.6 Å². The van der Waals surface area contributed by atoms with Gasteiger partial charge in [0, 0.05) is 6.04 Å². The molecule has 1 fully saturated rings. The number of hydrogen-bond acceptors (Lipinski definition) is 3. The van der Waals surface area contributed by atoms with E-state index in [1.807, 2.05) is 12.1 Å². The average molecular weight is 194 g/mol. The van der Waals surface area contributed by atoms with E-state index in [1.54, 1.807) is 6.26 Å². The van der Waals surface area contributed by atoms with E-state index in [4.69, 9.17) is 4.42 Å². The molecule has 0 aliphatic heterocycles. The van der Waals surface area contributed by atoms with Crippen LogP contribution >= 0.6 is 0 Å². The highest BCUT2D eigenvalue weighted by Gasteiger charge is 2.22. The topological polar surface area (TPSA) is 54.3 Å². The first kappa shape index (κ1) is 9.27. The van der Waals surface area contributed by atoms with Crippen LogP contribution in [0.3, 0.4) is 0 Å². The van der Waals surface area contributed by atoms with E-state index >= 15 is 0 Å². The first-order valence-corrected chi connectivity index (χ1v) is 4.87. The minimum Gasteiger partial charge on any atom is -0.468 e. The van der Waals surface area contributed by atoms with Gasteiger partial charge in [0.15, 0.2) is 0 Å². The Hall–Kier alpha value is -1.29. The summed E-state index contributed by atoms with van der Waals surface area (Å²) in [4.78, 5) is 11.2. The predicted molar refractivity (Wildman–Crippen MR) is 51.6 cm³/mol. The average Bonchev–Trinajstić information content (AvgIpc) is 2.82. The normalized spacial score (nSPS) is 15.4. The van der Waals surface area contributed by atoms with E-state index in [1.165, 1.54) is 0 Å². The molecule has 0 spiro atoms. The minimum absolute atomic E-state index is 0.0686. The van der Waals surface area contributed by atoms with Crippen molar-refractivity contribution in [3.63, 3.8) is 0 Å². The monoisotopic (exact) mass is 194 g/mol. The third-order valence-electron chi connectivity index (χ3n) is 2.11. The molecule has 1 saturated carbocycles. The van der Waals surface area contributed by atoms with Gasteiger partial charge in [-0.25, -0.2) is 0 Å². The predicted octanol–water partition coefficient (Wildman–Crippen LogP) is 0.648. The van der Waals surface area contributed by atoms with Crippen LogP contribution in [0.1, 0.15) is 18.6 Å². The summed E-state index contributed by atoms with van der Waals surface area (Å²) in [6.07, 6.45) is 3.88. The second-order valence-corrected chi connectivity index (χ2v) is 3.52. The zero-order valence-corrected chi connectivity index (χ0v) is 7.95. The van der Waals surface area contributed by atoms with E-state index in [9.17, 15) is 4.79 Å². The fourth-order valence-electron chi connectivity index (χ4n) is 1.22. The highest BCUT2D eigenvalue weighted by atomic mass is 16.3. The van der Waals surface area contributed by atoms with Crippen molar-refractivity contribution in [1.29, 1.82) is 0 Å². The fourth-order valence-corrected chi connectivity index (χ4v) is 1.22. The third-order valence-corrected chi connectivity index (χ3v) is 2.11. The van der Waals surface area contributed by atoms with Crippen LogP contribution in [-0.2, 0) is 11.3 Å². The number of rotatable bonds is 5. The molecule has 2 rings (SSSR count). The van der Waals surface area contributed by atoms with Crippen LogP contribution in [0.15, 0.2) is 22.8 Å². The molecule has 0 aromatic carbocycles. The molecule has 1 aliphatic carbocycles. The molecule has 1 heterocycles. The van der Waals surface area contributed by atoms with Crippen molar-refractivity contribution in [1.82, 2.24) is 10.6 Å². The van der Waals surface area contributed by atoms with E-state index in [0.717, 1.165) is 18.6 Å². The highest BCUT2D eigenvalue weighted by molar-refractivity contribution is 5.78. The lowest BCUT2D eigenvalue weighted by Crippen LogP contribution is -2.34. The lowest BCUT2D eigenvalue weighted by atomic mass is 10.4. The SMILES string of the molecule is O=C(CNCc1ccco1)NC1CC1. The van der Waals surface area contributed by atoms with Gasteiger partial charge in [0.25, 0.3) is 0 Å². The number of nitrogens with one attached hydrogen (secondary N) is 2. The summed E-state index contributed by atoms with van der Waals surface area (Å²) in [6, 6.07) is 4.15. The highest BCUT2D eigenvalue weighted by Crippen LogP contribution is 2.18. The molecule has 0 radical (unpaired) electrons. The van der Waals surface area contributed by atoms with Crippen LogP contribution in [0.4, 0.5) is 0 Å². The molecule has 1 aliphatic rings. The zero-order chi connectivity index (χ0) is 9.80. The molecule has 0 bridgehead atoms. The molecule has 1 aromatic heterocycles. The van der Waals surface area contributed by atoms with E-state index < -0.39 is 0 Å². The van der Waals surface area contributed by atoms with Gasteiger partial charge in [-0.2, -0.15) is 0 Å². The van der Waals surface area contributed by atoms with Crippen molar-refractivity contribution in [2.45, 2.75) is 25.4 Å². The van der Waals surface area contributed by atoms with Gasteiger partial charge in [-0.1, -0.05) is 0 Å². The number of hydrogen-bond donors (Lipinski definition) is 2. The van der Waals surface area contributed by atoms with Crippen LogP contribution in [0, 0.1) is 0 Å². The lowest BCUT2D eigenvalue weighted by Gasteiger charge is -2.03. The Morgan fingerprint density at radius 1 is 1.57 bits per heavy atom. The molecule has 4 heteroatoms. The number of furan rings is 1. The van der Waals surface area contributed by atoms with E-state index in [-0.39, 0.29) is 5.91 Å². The number of carbonyl (C=O) groups excluding carboxylic acids is 1. The summed E-state index contributed by atoms with van der Waals surface area (Å²) >= 11 is 0. The molecule has 76 valence electrons. The van der Waals surface area contributed by atoms with E-state index in [0.29, 0.717) is 19.1 Å². The standard InChI is InChI=1S/C10H14N2O2/c13-10(12-8-3-4-8)7-11-6-9-2-1-5-14-9/h1-2,5,8,11H,3-4,6-7H2,(H,12,13). The molecule has 1 aromatic rings. The molecule has 14 heavy (non-hydrogen) atoms. The Labute approximate surface area is 82.7 Å². The second-order valence-electron chi connectivity index (χ2n) is 3.52. The molecular formula is C10H14N2O2. The molecule has 1 amide bonds. The van der Waals surface area contributed by atoms with E-state index in [2.05, 4.69) is 10.6 Å². The molecular weight excluding hydrogens is 180 g/mol. The first-order chi connectivity index (χ1) is 6.84. The maximum Gasteiger partial charge on any atom is 0.234 e. The molecule has 0 unspecified atom stereocenters. The Balaban J connectivity index is 1.60. The number of carbonyl (C=O) groups is 1. The van der Waals surface area contributed by atoms with Crippen LogP contribution in [0.2, 0.25) is 0 Å². The fraction of sp³-hybridized carbons (Fsp3) is 0.500. The lowest BCUT2D eigenvalue weighted by molar-refractivity contribution is -0.120. The molecule has 4 nitrogen and oxygen atoms in total. The van der Waals surface area contributed by atoms with Gasteiger partial charge < -0.3 is 15.1 Å². The summed E-state index contributed by atoms with van der Waals surface area (Å²) in [5, 5.41) is 5.92.